The van der Waals surface area contributed by atoms with E-state index in [4.69, 9.17) is 4.42 Å². The lowest BCUT2D eigenvalue weighted by atomic mass is 9.74. The van der Waals surface area contributed by atoms with E-state index in [-0.39, 0.29) is 17.4 Å². The average Bonchev–Trinajstić information content (AvgIpc) is 2.68. The van der Waals surface area contributed by atoms with E-state index < -0.39 is 0 Å². The molecule has 108 valence electrons. The van der Waals surface area contributed by atoms with Crippen molar-refractivity contribution in [1.82, 2.24) is 5.32 Å². The van der Waals surface area contributed by atoms with E-state index in [9.17, 15) is 4.79 Å². The molecule has 2 rings (SSSR count). The van der Waals surface area contributed by atoms with Crippen molar-refractivity contribution >= 4 is 5.91 Å². The predicted octanol–water partition coefficient (Wildman–Crippen LogP) is 3.85. The van der Waals surface area contributed by atoms with Gasteiger partial charge in [0.25, 0.3) is 0 Å². The molecule has 3 heteroatoms. The minimum atomic E-state index is -0.0596. The van der Waals surface area contributed by atoms with E-state index in [1.165, 1.54) is 0 Å². The molecule has 0 bridgehead atoms. The van der Waals surface area contributed by atoms with Crippen molar-refractivity contribution in [3.05, 3.63) is 47.5 Å². The normalized spacial score (nSPS) is 21.3. The van der Waals surface area contributed by atoms with Crippen LogP contribution in [0.2, 0.25) is 0 Å². The highest BCUT2D eigenvalue weighted by atomic mass is 16.3. The Morgan fingerprint density at radius 3 is 2.90 bits per heavy atom. The van der Waals surface area contributed by atoms with Crippen molar-refractivity contribution in [2.45, 2.75) is 46.6 Å². The van der Waals surface area contributed by atoms with Gasteiger partial charge in [0.1, 0.15) is 11.5 Å². The van der Waals surface area contributed by atoms with Gasteiger partial charge in [0.05, 0.1) is 6.04 Å². The predicted molar refractivity (Wildman–Crippen MR) is 80.4 cm³/mol. The fraction of sp³-hybridized carbons (Fsp3) is 0.471. The molecule has 1 heterocycles. The fourth-order valence-electron chi connectivity index (χ4n) is 2.79. The molecule has 0 saturated carbocycles. The number of furan rings is 1. The summed E-state index contributed by atoms with van der Waals surface area (Å²) in [4.78, 5) is 12.0. The highest BCUT2D eigenvalue weighted by Crippen LogP contribution is 2.41. The molecular formula is C17H23NO2. The van der Waals surface area contributed by atoms with Crippen molar-refractivity contribution in [3.8, 4) is 0 Å². The molecule has 0 aliphatic heterocycles. The second-order valence-corrected chi connectivity index (χ2v) is 6.23. The number of nitrogens with one attached hydrogen (secondary N) is 1. The third-order valence-corrected chi connectivity index (χ3v) is 3.60. The third-order valence-electron chi connectivity index (χ3n) is 3.60. The van der Waals surface area contributed by atoms with Gasteiger partial charge in [0.2, 0.25) is 5.91 Å². The first-order valence-electron chi connectivity index (χ1n) is 7.10. The number of carbonyl (C=O) groups is 1. The molecule has 1 N–H and O–H groups in total. The molecule has 0 fully saturated rings. The van der Waals surface area contributed by atoms with Crippen LogP contribution in [0.4, 0.5) is 0 Å². The molecular weight excluding hydrogens is 250 g/mol. The quantitative estimate of drug-likeness (QED) is 0.671. The molecule has 0 aromatic carbocycles. The molecule has 0 spiro atoms. The first-order valence-corrected chi connectivity index (χ1v) is 7.10. The second-order valence-electron chi connectivity index (χ2n) is 6.23. The molecule has 0 saturated heterocycles. The molecule has 1 atom stereocenters. The van der Waals surface area contributed by atoms with Crippen LogP contribution in [0.15, 0.2) is 34.8 Å². The average molecular weight is 273 g/mol. The van der Waals surface area contributed by atoms with Crippen LogP contribution >= 0.6 is 0 Å². The number of hydrogen-bond donors (Lipinski definition) is 1. The largest absolute Gasteiger partial charge is 0.466 e. The van der Waals surface area contributed by atoms with E-state index in [1.54, 1.807) is 12.2 Å². The van der Waals surface area contributed by atoms with Gasteiger partial charge in [-0.1, -0.05) is 32.1 Å². The topological polar surface area (TPSA) is 42.2 Å². The van der Waals surface area contributed by atoms with Gasteiger partial charge in [-0.2, -0.15) is 0 Å². The van der Waals surface area contributed by atoms with Crippen LogP contribution in [0.1, 0.15) is 50.3 Å². The maximum absolute atomic E-state index is 12.0. The summed E-state index contributed by atoms with van der Waals surface area (Å²) in [6, 6.07) is 2.08. The number of fused-ring (bicyclic) bond motifs is 1. The monoisotopic (exact) mass is 273 g/mol. The SMILES string of the molecule is CC=CC=CC(=O)NC1CC(C)(C)Cc2oc(C)cc21. The maximum atomic E-state index is 12.0. The Kier molecular flexibility index (Phi) is 4.17. The molecule has 1 unspecified atom stereocenters. The fourth-order valence-corrected chi connectivity index (χ4v) is 2.79. The third kappa shape index (κ3) is 3.41. The van der Waals surface area contributed by atoms with Crippen molar-refractivity contribution in [3.63, 3.8) is 0 Å². The zero-order valence-electron chi connectivity index (χ0n) is 12.7. The van der Waals surface area contributed by atoms with E-state index in [2.05, 4.69) is 19.2 Å². The highest BCUT2D eigenvalue weighted by Gasteiger charge is 2.35. The van der Waals surface area contributed by atoms with Crippen molar-refractivity contribution in [1.29, 1.82) is 0 Å². The molecule has 1 aliphatic rings. The summed E-state index contributed by atoms with van der Waals surface area (Å²) in [7, 11) is 0. The maximum Gasteiger partial charge on any atom is 0.244 e. The zero-order chi connectivity index (χ0) is 14.8. The Morgan fingerprint density at radius 2 is 2.20 bits per heavy atom. The van der Waals surface area contributed by atoms with Gasteiger partial charge in [-0.05, 0) is 31.7 Å². The van der Waals surface area contributed by atoms with Gasteiger partial charge >= 0.3 is 0 Å². The Bertz CT molecular complexity index is 549. The van der Waals surface area contributed by atoms with Crippen LogP contribution in [-0.2, 0) is 11.2 Å². The van der Waals surface area contributed by atoms with E-state index in [0.29, 0.717) is 0 Å². The van der Waals surface area contributed by atoms with Gasteiger partial charge in [0, 0.05) is 18.1 Å². The summed E-state index contributed by atoms with van der Waals surface area (Å²) >= 11 is 0. The van der Waals surface area contributed by atoms with Crippen LogP contribution < -0.4 is 5.32 Å². The lowest BCUT2D eigenvalue weighted by molar-refractivity contribution is -0.117. The van der Waals surface area contributed by atoms with Crippen LogP contribution in [0.5, 0.6) is 0 Å². The van der Waals surface area contributed by atoms with Crippen LogP contribution in [-0.4, -0.2) is 5.91 Å². The smallest absolute Gasteiger partial charge is 0.244 e. The molecule has 1 aromatic rings. The molecule has 20 heavy (non-hydrogen) atoms. The number of allylic oxidation sites excluding steroid dienone is 3. The van der Waals surface area contributed by atoms with Crippen LogP contribution in [0.25, 0.3) is 0 Å². The molecule has 0 radical (unpaired) electrons. The summed E-state index contributed by atoms with van der Waals surface area (Å²) in [5.41, 5.74) is 1.28. The summed E-state index contributed by atoms with van der Waals surface area (Å²) in [6.07, 6.45) is 8.92. The summed E-state index contributed by atoms with van der Waals surface area (Å²) < 4.78 is 5.77. The van der Waals surface area contributed by atoms with Gasteiger partial charge in [-0.25, -0.2) is 0 Å². The van der Waals surface area contributed by atoms with Crippen LogP contribution in [0, 0.1) is 12.3 Å². The van der Waals surface area contributed by atoms with E-state index in [1.807, 2.05) is 32.1 Å². The number of amides is 1. The first kappa shape index (κ1) is 14.6. The van der Waals surface area contributed by atoms with E-state index in [0.717, 1.165) is 29.9 Å². The van der Waals surface area contributed by atoms with Crippen LogP contribution in [0.3, 0.4) is 0 Å². The first-order chi connectivity index (χ1) is 9.41. The van der Waals surface area contributed by atoms with Crippen molar-refractivity contribution in [2.75, 3.05) is 0 Å². The summed E-state index contributed by atoms with van der Waals surface area (Å²) in [5.74, 6) is 1.87. The zero-order valence-corrected chi connectivity index (χ0v) is 12.7. The standard InChI is InChI=1S/C17H23NO2/c1-5-6-7-8-16(19)18-14-10-17(3,4)11-15-13(14)9-12(2)20-15/h5-9,14H,10-11H2,1-4H3,(H,18,19). The Hall–Kier alpha value is -1.77. The summed E-state index contributed by atoms with van der Waals surface area (Å²) in [6.45, 7) is 8.30. The van der Waals surface area contributed by atoms with Gasteiger partial charge < -0.3 is 9.73 Å². The molecule has 1 aromatic heterocycles. The highest BCUT2D eigenvalue weighted by molar-refractivity contribution is 5.88. The minimum Gasteiger partial charge on any atom is -0.466 e. The van der Waals surface area contributed by atoms with E-state index >= 15 is 0 Å². The molecule has 1 amide bonds. The minimum absolute atomic E-state index is 0.0361. The Morgan fingerprint density at radius 1 is 1.45 bits per heavy atom. The van der Waals surface area contributed by atoms with Gasteiger partial charge in [-0.15, -0.1) is 0 Å². The Balaban J connectivity index is 2.16. The molecule has 3 nitrogen and oxygen atoms in total. The lowest BCUT2D eigenvalue weighted by Gasteiger charge is -2.34. The number of aryl methyl sites for hydroxylation is 1. The Labute approximate surface area is 120 Å². The number of hydrogen-bond acceptors (Lipinski definition) is 2. The number of rotatable bonds is 3. The van der Waals surface area contributed by atoms with Gasteiger partial charge in [-0.3, -0.25) is 4.79 Å². The van der Waals surface area contributed by atoms with Crippen molar-refractivity contribution in [2.24, 2.45) is 5.41 Å². The second kappa shape index (κ2) is 5.70. The lowest BCUT2D eigenvalue weighted by Crippen LogP contribution is -2.35. The molecule has 1 aliphatic carbocycles. The van der Waals surface area contributed by atoms with Gasteiger partial charge in [0.15, 0.2) is 0 Å². The van der Waals surface area contributed by atoms with Crippen molar-refractivity contribution < 1.29 is 9.21 Å². The number of carbonyl (C=O) groups excluding carboxylic acids is 1. The summed E-state index contributed by atoms with van der Waals surface area (Å²) in [5, 5.41) is 3.08.